The maximum absolute atomic E-state index is 8.87. The molecule has 2 aromatic rings. The van der Waals surface area contributed by atoms with Gasteiger partial charge in [-0.05, 0) is 43.2 Å². The molecule has 1 aromatic heterocycles. The van der Waals surface area contributed by atoms with Gasteiger partial charge in [0.2, 0.25) is 5.88 Å². The first-order valence-electron chi connectivity index (χ1n) is 5.90. The number of halogens is 1. The lowest BCUT2D eigenvalue weighted by atomic mass is 10.1. The van der Waals surface area contributed by atoms with Crippen molar-refractivity contribution in [3.05, 3.63) is 51.6 Å². The zero-order valence-corrected chi connectivity index (χ0v) is 12.7. The van der Waals surface area contributed by atoms with Crippen LogP contribution in [0.3, 0.4) is 0 Å². The van der Waals surface area contributed by atoms with Gasteiger partial charge in [0.25, 0.3) is 0 Å². The number of pyridine rings is 1. The molecule has 0 atom stereocenters. The van der Waals surface area contributed by atoms with E-state index in [2.05, 4.69) is 26.1 Å². The second kappa shape index (κ2) is 5.92. The van der Waals surface area contributed by atoms with Crippen LogP contribution in [0.25, 0.3) is 0 Å². The van der Waals surface area contributed by atoms with E-state index < -0.39 is 0 Å². The first kappa shape index (κ1) is 14.3. The summed E-state index contributed by atoms with van der Waals surface area (Å²) in [6.45, 7) is 3.77. The van der Waals surface area contributed by atoms with Crippen LogP contribution in [0.15, 0.2) is 40.1 Å². The van der Waals surface area contributed by atoms with Crippen molar-refractivity contribution in [1.29, 1.82) is 0 Å². The average molecular weight is 336 g/mol. The van der Waals surface area contributed by atoms with Crippen molar-refractivity contribution in [1.82, 2.24) is 4.98 Å². The molecule has 0 saturated heterocycles. The minimum Gasteiger partial charge on any atom is -0.438 e. The fourth-order valence-electron chi connectivity index (χ4n) is 1.76. The number of amidine groups is 1. The van der Waals surface area contributed by atoms with Crippen LogP contribution in [-0.4, -0.2) is 16.0 Å². The van der Waals surface area contributed by atoms with Crippen LogP contribution in [-0.2, 0) is 0 Å². The highest BCUT2D eigenvalue weighted by Gasteiger charge is 2.14. The maximum Gasteiger partial charge on any atom is 0.230 e. The van der Waals surface area contributed by atoms with Gasteiger partial charge in [-0.2, -0.15) is 0 Å². The van der Waals surface area contributed by atoms with Gasteiger partial charge in [-0.25, -0.2) is 4.98 Å². The third-order valence-corrected chi connectivity index (χ3v) is 3.34. The van der Waals surface area contributed by atoms with Crippen molar-refractivity contribution < 1.29 is 9.94 Å². The van der Waals surface area contributed by atoms with Gasteiger partial charge in [-0.3, -0.25) is 0 Å². The van der Waals surface area contributed by atoms with Gasteiger partial charge in [0.05, 0.1) is 5.56 Å². The fraction of sp³-hybridized carbons (Fsp3) is 0.143. The van der Waals surface area contributed by atoms with Crippen molar-refractivity contribution >= 4 is 21.8 Å². The molecular formula is C14H14BrN3O2. The Labute approximate surface area is 125 Å². The molecule has 5 nitrogen and oxygen atoms in total. The van der Waals surface area contributed by atoms with E-state index in [1.165, 1.54) is 0 Å². The lowest BCUT2D eigenvalue weighted by Crippen LogP contribution is -2.16. The van der Waals surface area contributed by atoms with Crippen LogP contribution in [0, 0.1) is 13.8 Å². The number of benzene rings is 1. The Morgan fingerprint density at radius 2 is 2.05 bits per heavy atom. The lowest BCUT2D eigenvalue weighted by molar-refractivity contribution is 0.318. The highest BCUT2D eigenvalue weighted by atomic mass is 79.9. The predicted molar refractivity (Wildman–Crippen MR) is 80.4 cm³/mol. The molecule has 1 aromatic carbocycles. The Kier molecular flexibility index (Phi) is 4.24. The van der Waals surface area contributed by atoms with E-state index >= 15 is 0 Å². The van der Waals surface area contributed by atoms with Crippen LogP contribution >= 0.6 is 15.9 Å². The average Bonchev–Trinajstić information content (AvgIpc) is 2.42. The molecule has 104 valence electrons. The van der Waals surface area contributed by atoms with Crippen molar-refractivity contribution in [3.8, 4) is 11.6 Å². The number of hydrogen-bond donors (Lipinski definition) is 2. The summed E-state index contributed by atoms with van der Waals surface area (Å²) in [6.07, 6.45) is 1.62. The number of rotatable bonds is 3. The summed E-state index contributed by atoms with van der Waals surface area (Å²) in [4.78, 5) is 4.17. The normalized spacial score (nSPS) is 11.4. The Hall–Kier alpha value is -2.08. The lowest BCUT2D eigenvalue weighted by Gasteiger charge is -2.13. The van der Waals surface area contributed by atoms with Crippen LogP contribution in [0.5, 0.6) is 11.6 Å². The van der Waals surface area contributed by atoms with Gasteiger partial charge in [0.1, 0.15) is 5.75 Å². The Bertz CT molecular complexity index is 671. The van der Waals surface area contributed by atoms with Gasteiger partial charge in [0.15, 0.2) is 5.84 Å². The minimum atomic E-state index is -0.0294. The van der Waals surface area contributed by atoms with E-state index in [0.717, 1.165) is 15.6 Å². The summed E-state index contributed by atoms with van der Waals surface area (Å²) in [7, 11) is 0. The number of nitrogens with two attached hydrogens (primary N) is 1. The highest BCUT2D eigenvalue weighted by molar-refractivity contribution is 9.10. The second-order valence-corrected chi connectivity index (χ2v) is 5.22. The first-order valence-corrected chi connectivity index (χ1v) is 6.69. The molecule has 0 fully saturated rings. The van der Waals surface area contributed by atoms with Crippen molar-refractivity contribution in [2.75, 3.05) is 0 Å². The molecule has 0 amide bonds. The maximum atomic E-state index is 8.87. The predicted octanol–water partition coefficient (Wildman–Crippen LogP) is 3.35. The molecule has 0 radical (unpaired) electrons. The van der Waals surface area contributed by atoms with E-state index in [1.807, 2.05) is 32.0 Å². The van der Waals surface area contributed by atoms with Crippen molar-refractivity contribution in [2.45, 2.75) is 13.8 Å². The van der Waals surface area contributed by atoms with Gasteiger partial charge in [-0.15, -0.1) is 0 Å². The smallest absolute Gasteiger partial charge is 0.230 e. The molecule has 0 saturated carbocycles. The zero-order chi connectivity index (χ0) is 14.7. The summed E-state index contributed by atoms with van der Waals surface area (Å²) in [5, 5.41) is 11.9. The van der Waals surface area contributed by atoms with Gasteiger partial charge >= 0.3 is 0 Å². The van der Waals surface area contributed by atoms with E-state index in [0.29, 0.717) is 17.2 Å². The number of oxime groups is 1. The van der Waals surface area contributed by atoms with E-state index in [-0.39, 0.29) is 5.84 Å². The Morgan fingerprint density at radius 1 is 1.30 bits per heavy atom. The number of nitrogens with zero attached hydrogens (tertiary/aromatic N) is 2. The highest BCUT2D eigenvalue weighted by Crippen LogP contribution is 2.29. The van der Waals surface area contributed by atoms with Crippen LogP contribution in [0.1, 0.15) is 16.7 Å². The number of ether oxygens (including phenoxy) is 1. The van der Waals surface area contributed by atoms with Gasteiger partial charge in [-0.1, -0.05) is 27.2 Å². The van der Waals surface area contributed by atoms with Crippen molar-refractivity contribution in [3.63, 3.8) is 0 Å². The molecule has 1 heterocycles. The van der Waals surface area contributed by atoms with E-state index in [1.54, 1.807) is 12.3 Å². The molecule has 2 rings (SSSR count). The third kappa shape index (κ3) is 2.91. The van der Waals surface area contributed by atoms with Crippen LogP contribution in [0.4, 0.5) is 0 Å². The quantitative estimate of drug-likeness (QED) is 0.390. The van der Waals surface area contributed by atoms with Crippen LogP contribution < -0.4 is 10.5 Å². The molecule has 0 aliphatic rings. The standard InChI is InChI=1S/C14H14BrN3O2/c1-8-3-4-10(15)7-11(8)20-14-12(13(16)18-19)9(2)5-6-17-14/h3-7,19H,1-2H3,(H2,16,18). The zero-order valence-electron chi connectivity index (χ0n) is 11.1. The monoisotopic (exact) mass is 335 g/mol. The minimum absolute atomic E-state index is 0.0294. The molecule has 6 heteroatoms. The molecular weight excluding hydrogens is 322 g/mol. The second-order valence-electron chi connectivity index (χ2n) is 4.31. The topological polar surface area (TPSA) is 80.7 Å². The molecule has 0 aliphatic carbocycles. The third-order valence-electron chi connectivity index (χ3n) is 2.85. The number of aryl methyl sites for hydroxylation is 2. The van der Waals surface area contributed by atoms with Crippen LogP contribution in [0.2, 0.25) is 0 Å². The largest absolute Gasteiger partial charge is 0.438 e. The summed E-state index contributed by atoms with van der Waals surface area (Å²) >= 11 is 3.40. The SMILES string of the molecule is Cc1ccc(Br)cc1Oc1nccc(C)c1/C(N)=N/O. The Morgan fingerprint density at radius 3 is 2.75 bits per heavy atom. The first-order chi connectivity index (χ1) is 9.52. The molecule has 20 heavy (non-hydrogen) atoms. The molecule has 0 bridgehead atoms. The van der Waals surface area contributed by atoms with Gasteiger partial charge < -0.3 is 15.7 Å². The van der Waals surface area contributed by atoms with Crippen molar-refractivity contribution in [2.24, 2.45) is 10.9 Å². The summed E-state index contributed by atoms with van der Waals surface area (Å²) in [5.74, 6) is 0.934. The Balaban J connectivity index is 2.49. The summed E-state index contributed by atoms with van der Waals surface area (Å²) in [6, 6.07) is 7.47. The molecule has 3 N–H and O–H groups in total. The number of hydrogen-bond acceptors (Lipinski definition) is 4. The van der Waals surface area contributed by atoms with E-state index in [4.69, 9.17) is 15.7 Å². The van der Waals surface area contributed by atoms with Gasteiger partial charge in [0, 0.05) is 10.7 Å². The molecule has 0 unspecified atom stereocenters. The summed E-state index contributed by atoms with van der Waals surface area (Å²) in [5.41, 5.74) is 7.95. The summed E-state index contributed by atoms with van der Waals surface area (Å²) < 4.78 is 6.71. The molecule has 0 spiro atoms. The number of aromatic nitrogens is 1. The van der Waals surface area contributed by atoms with E-state index in [9.17, 15) is 0 Å². The fourth-order valence-corrected chi connectivity index (χ4v) is 2.10. The molecule has 0 aliphatic heterocycles.